The first kappa shape index (κ1) is 19.5. The molecule has 5 heteroatoms. The normalized spacial score (nSPS) is 12.8. The predicted molar refractivity (Wildman–Crippen MR) is 100 cm³/mol. The highest BCUT2D eigenvalue weighted by atomic mass is 16.5. The Morgan fingerprint density at radius 2 is 1.69 bits per heavy atom. The lowest BCUT2D eigenvalue weighted by molar-refractivity contribution is -0.144. The molecule has 0 aliphatic heterocycles. The summed E-state index contributed by atoms with van der Waals surface area (Å²) in [4.78, 5) is 24.3. The molecule has 0 aliphatic carbocycles. The molecule has 0 radical (unpaired) electrons. The van der Waals surface area contributed by atoms with Gasteiger partial charge in [0.25, 0.3) is 0 Å². The highest BCUT2D eigenvalue weighted by molar-refractivity contribution is 5.84. The minimum Gasteiger partial charge on any atom is -0.494 e. The molecule has 5 nitrogen and oxygen atoms in total. The van der Waals surface area contributed by atoms with Gasteiger partial charge in [0.15, 0.2) is 0 Å². The van der Waals surface area contributed by atoms with Crippen LogP contribution in [0.3, 0.4) is 0 Å². The maximum atomic E-state index is 12.3. The van der Waals surface area contributed by atoms with Gasteiger partial charge >= 0.3 is 5.97 Å². The number of carbonyl (C=O) groups is 2. The molecule has 0 aromatic heterocycles. The van der Waals surface area contributed by atoms with E-state index in [0.717, 1.165) is 11.3 Å². The third-order valence-corrected chi connectivity index (χ3v) is 4.53. The molecule has 1 unspecified atom stereocenters. The molecule has 0 spiro atoms. The summed E-state index contributed by atoms with van der Waals surface area (Å²) in [7, 11) is 0. The van der Waals surface area contributed by atoms with Crippen molar-refractivity contribution in [2.24, 2.45) is 0 Å². The van der Waals surface area contributed by atoms with E-state index in [1.54, 1.807) is 12.1 Å². The lowest BCUT2D eigenvalue weighted by Crippen LogP contribution is -2.46. The number of benzene rings is 2. The SMILES string of the molecule is CCOc1ccc(CC(=O)NCC(CC)(C(=O)O)c2ccccc2)cc1. The van der Waals surface area contributed by atoms with Crippen molar-refractivity contribution in [1.82, 2.24) is 5.32 Å². The fourth-order valence-electron chi connectivity index (χ4n) is 2.91. The molecule has 2 aromatic carbocycles. The monoisotopic (exact) mass is 355 g/mol. The summed E-state index contributed by atoms with van der Waals surface area (Å²) in [6.07, 6.45) is 0.580. The Balaban J connectivity index is 2.04. The van der Waals surface area contributed by atoms with Crippen molar-refractivity contribution in [3.63, 3.8) is 0 Å². The van der Waals surface area contributed by atoms with Crippen LogP contribution in [0.5, 0.6) is 5.75 Å². The zero-order chi connectivity index (χ0) is 19.0. The number of aliphatic carboxylic acids is 1. The summed E-state index contributed by atoms with van der Waals surface area (Å²) in [5.74, 6) is -0.381. The highest BCUT2D eigenvalue weighted by Gasteiger charge is 2.38. The van der Waals surface area contributed by atoms with E-state index >= 15 is 0 Å². The minimum atomic E-state index is -1.13. The molecule has 138 valence electrons. The molecule has 26 heavy (non-hydrogen) atoms. The van der Waals surface area contributed by atoms with Gasteiger partial charge in [0, 0.05) is 6.54 Å². The second-order valence-electron chi connectivity index (χ2n) is 6.14. The molecule has 2 aromatic rings. The number of carboxylic acid groups (broad SMARTS) is 1. The standard InChI is InChI=1S/C21H25NO4/c1-3-21(20(24)25,17-8-6-5-7-9-17)15-22-19(23)14-16-10-12-18(13-11-16)26-4-2/h5-13H,3-4,14-15H2,1-2H3,(H,22,23)(H,24,25). The van der Waals surface area contributed by atoms with Gasteiger partial charge in [-0.1, -0.05) is 49.4 Å². The Morgan fingerprint density at radius 1 is 1.04 bits per heavy atom. The summed E-state index contributed by atoms with van der Waals surface area (Å²) in [6, 6.07) is 16.4. The smallest absolute Gasteiger partial charge is 0.315 e. The number of amides is 1. The number of carbonyl (C=O) groups excluding carboxylic acids is 1. The zero-order valence-corrected chi connectivity index (χ0v) is 15.2. The van der Waals surface area contributed by atoms with E-state index in [2.05, 4.69) is 5.32 Å². The van der Waals surface area contributed by atoms with Crippen molar-refractivity contribution < 1.29 is 19.4 Å². The van der Waals surface area contributed by atoms with Crippen LogP contribution in [-0.4, -0.2) is 30.1 Å². The molecule has 0 aliphatic rings. The predicted octanol–water partition coefficient (Wildman–Crippen LogP) is 3.18. The maximum Gasteiger partial charge on any atom is 0.315 e. The summed E-state index contributed by atoms with van der Waals surface area (Å²) in [6.45, 7) is 4.38. The Hall–Kier alpha value is -2.82. The van der Waals surface area contributed by atoms with Gasteiger partial charge in [-0.05, 0) is 36.6 Å². The molecular formula is C21H25NO4. The molecule has 0 fully saturated rings. The van der Waals surface area contributed by atoms with E-state index in [-0.39, 0.29) is 18.9 Å². The fraction of sp³-hybridized carbons (Fsp3) is 0.333. The van der Waals surface area contributed by atoms with Gasteiger partial charge in [-0.15, -0.1) is 0 Å². The number of ether oxygens (including phenoxy) is 1. The van der Waals surface area contributed by atoms with E-state index in [0.29, 0.717) is 18.6 Å². The topological polar surface area (TPSA) is 75.6 Å². The van der Waals surface area contributed by atoms with E-state index in [1.807, 2.05) is 56.3 Å². The van der Waals surface area contributed by atoms with E-state index in [9.17, 15) is 14.7 Å². The molecule has 2 N–H and O–H groups in total. The number of carboxylic acids is 1. The quantitative estimate of drug-likeness (QED) is 0.724. The zero-order valence-electron chi connectivity index (χ0n) is 15.2. The van der Waals surface area contributed by atoms with E-state index < -0.39 is 11.4 Å². The molecule has 0 saturated carbocycles. The van der Waals surface area contributed by atoms with Crippen LogP contribution in [0.1, 0.15) is 31.4 Å². The number of hydrogen-bond acceptors (Lipinski definition) is 3. The van der Waals surface area contributed by atoms with Gasteiger partial charge in [0.05, 0.1) is 13.0 Å². The van der Waals surface area contributed by atoms with E-state index in [4.69, 9.17) is 4.74 Å². The van der Waals surface area contributed by atoms with Crippen LogP contribution in [0.15, 0.2) is 54.6 Å². The number of hydrogen-bond donors (Lipinski definition) is 2. The van der Waals surface area contributed by atoms with E-state index in [1.165, 1.54) is 0 Å². The Kier molecular flexibility index (Phi) is 6.78. The van der Waals surface area contributed by atoms with Crippen LogP contribution >= 0.6 is 0 Å². The molecule has 1 atom stereocenters. The van der Waals surface area contributed by atoms with Crippen molar-refractivity contribution in [1.29, 1.82) is 0 Å². The van der Waals surface area contributed by atoms with Crippen LogP contribution in [0.25, 0.3) is 0 Å². The fourth-order valence-corrected chi connectivity index (χ4v) is 2.91. The largest absolute Gasteiger partial charge is 0.494 e. The lowest BCUT2D eigenvalue weighted by atomic mass is 9.78. The van der Waals surface area contributed by atoms with Crippen LogP contribution in [0, 0.1) is 0 Å². The average molecular weight is 355 g/mol. The summed E-state index contributed by atoms with van der Waals surface area (Å²) < 4.78 is 5.38. The van der Waals surface area contributed by atoms with Crippen molar-refractivity contribution in [2.75, 3.05) is 13.2 Å². The third kappa shape index (κ3) is 4.63. The first-order valence-corrected chi connectivity index (χ1v) is 8.79. The molecule has 0 heterocycles. The first-order chi connectivity index (χ1) is 12.5. The van der Waals surface area contributed by atoms with Gasteiger partial charge in [-0.25, -0.2) is 0 Å². The van der Waals surface area contributed by atoms with Gasteiger partial charge in [-0.3, -0.25) is 9.59 Å². The first-order valence-electron chi connectivity index (χ1n) is 8.79. The maximum absolute atomic E-state index is 12.3. The lowest BCUT2D eigenvalue weighted by Gasteiger charge is -2.29. The Labute approximate surface area is 154 Å². The Morgan fingerprint density at radius 3 is 2.23 bits per heavy atom. The van der Waals surface area contributed by atoms with Gasteiger partial charge in [-0.2, -0.15) is 0 Å². The van der Waals surface area contributed by atoms with Gasteiger partial charge < -0.3 is 15.2 Å². The van der Waals surface area contributed by atoms with Crippen LogP contribution in [0.2, 0.25) is 0 Å². The van der Waals surface area contributed by atoms with Crippen molar-refractivity contribution in [3.05, 3.63) is 65.7 Å². The third-order valence-electron chi connectivity index (χ3n) is 4.53. The molecule has 0 bridgehead atoms. The van der Waals surface area contributed by atoms with Crippen LogP contribution in [-0.2, 0) is 21.4 Å². The molecule has 1 amide bonds. The van der Waals surface area contributed by atoms with Crippen LogP contribution < -0.4 is 10.1 Å². The molecule has 2 rings (SSSR count). The van der Waals surface area contributed by atoms with Gasteiger partial charge in [0.1, 0.15) is 11.2 Å². The average Bonchev–Trinajstić information content (AvgIpc) is 2.65. The van der Waals surface area contributed by atoms with Gasteiger partial charge in [0.2, 0.25) is 5.91 Å². The van der Waals surface area contributed by atoms with Crippen molar-refractivity contribution in [2.45, 2.75) is 32.1 Å². The minimum absolute atomic E-state index is 0.0543. The molecule has 0 saturated heterocycles. The van der Waals surface area contributed by atoms with Crippen molar-refractivity contribution >= 4 is 11.9 Å². The second-order valence-corrected chi connectivity index (χ2v) is 6.14. The summed E-state index contributed by atoms with van der Waals surface area (Å²) in [5.41, 5.74) is 0.412. The van der Waals surface area contributed by atoms with Crippen molar-refractivity contribution in [3.8, 4) is 5.75 Å². The molecular weight excluding hydrogens is 330 g/mol. The Bertz CT molecular complexity index is 727. The number of rotatable bonds is 9. The highest BCUT2D eigenvalue weighted by Crippen LogP contribution is 2.28. The van der Waals surface area contributed by atoms with Crippen LogP contribution in [0.4, 0.5) is 0 Å². The number of nitrogens with one attached hydrogen (secondary N) is 1. The summed E-state index contributed by atoms with van der Waals surface area (Å²) in [5, 5.41) is 12.6. The summed E-state index contributed by atoms with van der Waals surface area (Å²) >= 11 is 0. The second kappa shape index (κ2) is 9.04.